The molecule has 0 amide bonds. The molecular weight excluding hydrogens is 210 g/mol. The van der Waals surface area contributed by atoms with E-state index >= 15 is 0 Å². The lowest BCUT2D eigenvalue weighted by Crippen LogP contribution is -2.42. The largest absolute Gasteiger partial charge is 0.480 e. The van der Waals surface area contributed by atoms with Gasteiger partial charge in [-0.2, -0.15) is 0 Å². The zero-order valence-electron chi connectivity index (χ0n) is 8.54. The van der Waals surface area contributed by atoms with E-state index in [-0.39, 0.29) is 12.2 Å². The van der Waals surface area contributed by atoms with Crippen molar-refractivity contribution in [1.29, 1.82) is 0 Å². The number of aliphatic carboxylic acids is 1. The number of carboxylic acid groups (broad SMARTS) is 1. The highest BCUT2D eigenvalue weighted by atomic mass is 16.4. The Morgan fingerprint density at radius 2 is 1.81 bits per heavy atom. The summed E-state index contributed by atoms with van der Waals surface area (Å²) in [6, 6.07) is 6.90. The highest BCUT2D eigenvalue weighted by molar-refractivity contribution is 5.96. The minimum Gasteiger partial charge on any atom is -0.480 e. The van der Waals surface area contributed by atoms with Gasteiger partial charge in [-0.25, -0.2) is 0 Å². The number of Topliss-reactive ketones (excluding diaryl/α,β-unsaturated/α-hetero) is 1. The van der Waals surface area contributed by atoms with Crippen LogP contribution in [-0.4, -0.2) is 34.1 Å². The van der Waals surface area contributed by atoms with Gasteiger partial charge in [0.2, 0.25) is 0 Å². The lowest BCUT2D eigenvalue weighted by molar-refractivity contribution is -0.141. The molecule has 0 saturated heterocycles. The molecule has 4 N–H and O–H groups in total. The SMILES string of the molecule is N[C@@H](C(=O)O)[C@@H](O)CC(=O)c1ccccc1. The van der Waals surface area contributed by atoms with Gasteiger partial charge in [-0.15, -0.1) is 0 Å². The number of hydrogen-bond donors (Lipinski definition) is 3. The Kier molecular flexibility index (Phi) is 4.16. The second-order valence-electron chi connectivity index (χ2n) is 3.42. The fourth-order valence-corrected chi connectivity index (χ4v) is 1.22. The molecule has 0 bridgehead atoms. The van der Waals surface area contributed by atoms with Crippen LogP contribution in [0.5, 0.6) is 0 Å². The van der Waals surface area contributed by atoms with Crippen LogP contribution in [0.25, 0.3) is 0 Å². The number of rotatable bonds is 5. The molecule has 0 fully saturated rings. The summed E-state index contributed by atoms with van der Waals surface area (Å²) in [6.07, 6.45) is -1.66. The van der Waals surface area contributed by atoms with E-state index in [1.54, 1.807) is 30.3 Å². The van der Waals surface area contributed by atoms with E-state index in [0.717, 1.165) is 0 Å². The molecule has 0 aliphatic heterocycles. The zero-order valence-corrected chi connectivity index (χ0v) is 8.54. The van der Waals surface area contributed by atoms with Gasteiger partial charge < -0.3 is 15.9 Å². The van der Waals surface area contributed by atoms with Crippen molar-refractivity contribution in [2.45, 2.75) is 18.6 Å². The van der Waals surface area contributed by atoms with Crippen molar-refractivity contribution < 1.29 is 19.8 Å². The molecule has 0 aliphatic rings. The minimum absolute atomic E-state index is 0.294. The molecule has 1 aromatic rings. The predicted molar refractivity (Wildman–Crippen MR) is 57.0 cm³/mol. The van der Waals surface area contributed by atoms with Gasteiger partial charge in [-0.1, -0.05) is 30.3 Å². The van der Waals surface area contributed by atoms with Crippen LogP contribution in [0.2, 0.25) is 0 Å². The predicted octanol–water partition coefficient (Wildman–Crippen LogP) is 0.0322. The Balaban J connectivity index is 2.62. The first-order valence-electron chi connectivity index (χ1n) is 4.77. The molecule has 0 spiro atoms. The highest BCUT2D eigenvalue weighted by Gasteiger charge is 2.24. The van der Waals surface area contributed by atoms with Crippen molar-refractivity contribution in [2.75, 3.05) is 0 Å². The first-order chi connectivity index (χ1) is 7.52. The van der Waals surface area contributed by atoms with E-state index < -0.39 is 18.1 Å². The Hall–Kier alpha value is -1.72. The second kappa shape index (κ2) is 5.39. The molecular formula is C11H13NO4. The standard InChI is InChI=1S/C11H13NO4/c12-10(11(15)16)9(14)6-8(13)7-4-2-1-3-5-7/h1-5,9-10,14H,6,12H2,(H,15,16)/t9-,10+/m0/s1. The first-order valence-corrected chi connectivity index (χ1v) is 4.77. The number of nitrogens with two attached hydrogens (primary N) is 1. The molecule has 1 rings (SSSR count). The smallest absolute Gasteiger partial charge is 0.323 e. The third kappa shape index (κ3) is 3.15. The van der Waals surface area contributed by atoms with Crippen LogP contribution in [0.1, 0.15) is 16.8 Å². The number of carbonyl (C=O) groups is 2. The van der Waals surface area contributed by atoms with Gasteiger partial charge in [0, 0.05) is 12.0 Å². The average molecular weight is 223 g/mol. The number of carboxylic acids is 1. The first kappa shape index (κ1) is 12.4. The fourth-order valence-electron chi connectivity index (χ4n) is 1.22. The summed E-state index contributed by atoms with van der Waals surface area (Å²) in [5.74, 6) is -1.65. The van der Waals surface area contributed by atoms with E-state index in [1.165, 1.54) is 0 Å². The fraction of sp³-hybridized carbons (Fsp3) is 0.273. The van der Waals surface area contributed by atoms with Gasteiger partial charge in [0.1, 0.15) is 6.04 Å². The summed E-state index contributed by atoms with van der Waals surface area (Å²) < 4.78 is 0. The summed E-state index contributed by atoms with van der Waals surface area (Å²) in [4.78, 5) is 22.0. The molecule has 0 heterocycles. The quantitative estimate of drug-likeness (QED) is 0.611. The van der Waals surface area contributed by atoms with Gasteiger partial charge in [0.25, 0.3) is 0 Å². The number of hydrogen-bond acceptors (Lipinski definition) is 4. The summed E-state index contributed by atoms with van der Waals surface area (Å²) >= 11 is 0. The number of aliphatic hydroxyl groups excluding tert-OH is 1. The number of ketones is 1. The van der Waals surface area contributed by atoms with Crippen LogP contribution in [0.15, 0.2) is 30.3 Å². The normalized spacial score (nSPS) is 14.1. The molecule has 16 heavy (non-hydrogen) atoms. The van der Waals surface area contributed by atoms with Crippen LogP contribution in [0.4, 0.5) is 0 Å². The Bertz CT molecular complexity index is 377. The van der Waals surface area contributed by atoms with Gasteiger partial charge >= 0.3 is 5.97 Å². The Labute approximate surface area is 92.5 Å². The van der Waals surface area contributed by atoms with Crippen LogP contribution < -0.4 is 5.73 Å². The molecule has 0 unspecified atom stereocenters. The highest BCUT2D eigenvalue weighted by Crippen LogP contribution is 2.07. The van der Waals surface area contributed by atoms with Gasteiger partial charge in [-0.05, 0) is 0 Å². The summed E-state index contributed by atoms with van der Waals surface area (Å²) in [7, 11) is 0. The molecule has 0 aromatic heterocycles. The van der Waals surface area contributed by atoms with Gasteiger partial charge in [-0.3, -0.25) is 9.59 Å². The molecule has 0 saturated carbocycles. The molecule has 1 aromatic carbocycles. The van der Waals surface area contributed by atoms with Crippen molar-refractivity contribution >= 4 is 11.8 Å². The molecule has 5 nitrogen and oxygen atoms in total. The number of aliphatic hydroxyl groups is 1. The molecule has 2 atom stereocenters. The van der Waals surface area contributed by atoms with Gasteiger partial charge in [0.05, 0.1) is 6.10 Å². The van der Waals surface area contributed by atoms with Crippen molar-refractivity contribution in [3.05, 3.63) is 35.9 Å². The lowest BCUT2D eigenvalue weighted by Gasteiger charge is -2.13. The van der Waals surface area contributed by atoms with E-state index in [4.69, 9.17) is 10.8 Å². The van der Waals surface area contributed by atoms with E-state index in [9.17, 15) is 14.7 Å². The van der Waals surface area contributed by atoms with Crippen LogP contribution in [-0.2, 0) is 4.79 Å². The maximum atomic E-state index is 11.6. The summed E-state index contributed by atoms with van der Waals surface area (Å²) in [6.45, 7) is 0. The Morgan fingerprint density at radius 1 is 1.25 bits per heavy atom. The van der Waals surface area contributed by atoms with E-state index in [0.29, 0.717) is 5.56 Å². The number of carbonyl (C=O) groups excluding carboxylic acids is 1. The lowest BCUT2D eigenvalue weighted by atomic mass is 10.0. The maximum absolute atomic E-state index is 11.6. The zero-order chi connectivity index (χ0) is 12.1. The van der Waals surface area contributed by atoms with Crippen molar-refractivity contribution in [3.8, 4) is 0 Å². The molecule has 0 radical (unpaired) electrons. The van der Waals surface area contributed by atoms with Crippen LogP contribution in [0, 0.1) is 0 Å². The second-order valence-corrected chi connectivity index (χ2v) is 3.42. The maximum Gasteiger partial charge on any atom is 0.323 e. The van der Waals surface area contributed by atoms with E-state index in [1.807, 2.05) is 0 Å². The third-order valence-electron chi connectivity index (χ3n) is 2.19. The summed E-state index contributed by atoms with van der Waals surface area (Å²) in [5, 5.41) is 17.9. The van der Waals surface area contributed by atoms with Crippen molar-refractivity contribution in [1.82, 2.24) is 0 Å². The Morgan fingerprint density at radius 3 is 2.31 bits per heavy atom. The van der Waals surface area contributed by atoms with Crippen molar-refractivity contribution in [3.63, 3.8) is 0 Å². The summed E-state index contributed by atoms with van der Waals surface area (Å²) in [5.41, 5.74) is 5.61. The van der Waals surface area contributed by atoms with Gasteiger partial charge in [0.15, 0.2) is 5.78 Å². The van der Waals surface area contributed by atoms with Crippen molar-refractivity contribution in [2.24, 2.45) is 5.73 Å². The molecule has 86 valence electrons. The molecule has 0 aliphatic carbocycles. The molecule has 5 heteroatoms. The minimum atomic E-state index is -1.44. The number of benzene rings is 1. The third-order valence-corrected chi connectivity index (χ3v) is 2.19. The topological polar surface area (TPSA) is 101 Å². The van der Waals surface area contributed by atoms with E-state index in [2.05, 4.69) is 0 Å². The van der Waals surface area contributed by atoms with Crippen LogP contribution >= 0.6 is 0 Å². The monoisotopic (exact) mass is 223 g/mol. The van der Waals surface area contributed by atoms with Crippen LogP contribution in [0.3, 0.4) is 0 Å². The average Bonchev–Trinajstić information content (AvgIpc) is 2.28.